The summed E-state index contributed by atoms with van der Waals surface area (Å²) in [4.78, 5) is 26.2. The second-order valence-corrected chi connectivity index (χ2v) is 8.89. The van der Waals surface area contributed by atoms with E-state index in [1.165, 1.54) is 18.9 Å². The van der Waals surface area contributed by atoms with Crippen LogP contribution in [0.25, 0.3) is 11.0 Å². The number of fused-ring (bicyclic) bond motifs is 1. The fourth-order valence-electron chi connectivity index (χ4n) is 3.16. The van der Waals surface area contributed by atoms with Crippen LogP contribution in [-0.4, -0.2) is 70.9 Å². The molecule has 10 heteroatoms. The Hall–Kier alpha value is -2.49. The summed E-state index contributed by atoms with van der Waals surface area (Å²) in [6.07, 6.45) is -0.623. The molecule has 0 radical (unpaired) electrons. The molecule has 27 heavy (non-hydrogen) atoms. The molecule has 0 aliphatic carbocycles. The van der Waals surface area contributed by atoms with Crippen LogP contribution in [0.1, 0.15) is 30.6 Å². The van der Waals surface area contributed by atoms with Crippen LogP contribution < -0.4 is 0 Å². The molecule has 1 fully saturated rings. The van der Waals surface area contributed by atoms with E-state index in [0.717, 1.165) is 5.52 Å². The van der Waals surface area contributed by atoms with Gasteiger partial charge in [-0.15, -0.1) is 5.10 Å². The van der Waals surface area contributed by atoms with Gasteiger partial charge in [0.2, 0.25) is 0 Å². The number of likely N-dealkylation sites (N-methyl/N-ethyl adjacent to an activating group) is 1. The van der Waals surface area contributed by atoms with E-state index in [9.17, 15) is 18.0 Å². The van der Waals surface area contributed by atoms with E-state index in [4.69, 9.17) is 4.74 Å². The van der Waals surface area contributed by atoms with E-state index in [1.807, 2.05) is 6.92 Å². The first-order chi connectivity index (χ1) is 12.7. The number of rotatable bonds is 5. The van der Waals surface area contributed by atoms with E-state index in [0.29, 0.717) is 18.5 Å². The number of carbonyl (C=O) groups is 2. The summed E-state index contributed by atoms with van der Waals surface area (Å²) in [6.45, 7) is 4.08. The van der Waals surface area contributed by atoms with Crippen LogP contribution in [0.5, 0.6) is 0 Å². The largest absolute Gasteiger partial charge is 0.449 e. The molecule has 2 atom stereocenters. The second-order valence-electron chi connectivity index (χ2n) is 6.66. The Morgan fingerprint density at radius 3 is 2.78 bits per heavy atom. The molecular weight excluding hydrogens is 372 g/mol. The summed E-state index contributed by atoms with van der Waals surface area (Å²) in [7, 11) is -1.57. The lowest BCUT2D eigenvalue weighted by atomic mass is 10.2. The van der Waals surface area contributed by atoms with Crippen LogP contribution in [0.2, 0.25) is 0 Å². The highest BCUT2D eigenvalue weighted by atomic mass is 32.2. The van der Waals surface area contributed by atoms with Gasteiger partial charge in [0, 0.05) is 19.6 Å². The third kappa shape index (κ3) is 3.95. The number of carbonyl (C=O) groups excluding carboxylic acids is 2. The van der Waals surface area contributed by atoms with Gasteiger partial charge in [0.25, 0.3) is 5.91 Å². The molecule has 1 amide bonds. The van der Waals surface area contributed by atoms with Crippen LogP contribution in [0.4, 0.5) is 0 Å². The monoisotopic (exact) mass is 394 g/mol. The average Bonchev–Trinajstić information content (AvgIpc) is 3.22. The maximum absolute atomic E-state index is 12.5. The van der Waals surface area contributed by atoms with Crippen molar-refractivity contribution in [1.29, 1.82) is 0 Å². The number of aromatic nitrogens is 3. The maximum atomic E-state index is 12.5. The van der Waals surface area contributed by atoms with Crippen molar-refractivity contribution in [3.8, 4) is 0 Å². The van der Waals surface area contributed by atoms with Gasteiger partial charge in [0.15, 0.2) is 15.9 Å². The molecule has 9 nitrogen and oxygen atoms in total. The molecule has 0 N–H and O–H groups in total. The number of aryl methyl sites for hydroxylation is 1. The van der Waals surface area contributed by atoms with E-state index >= 15 is 0 Å². The van der Waals surface area contributed by atoms with Crippen molar-refractivity contribution in [3.63, 3.8) is 0 Å². The zero-order valence-corrected chi connectivity index (χ0v) is 16.3. The van der Waals surface area contributed by atoms with Crippen molar-refractivity contribution in [2.75, 3.05) is 18.6 Å². The van der Waals surface area contributed by atoms with Crippen molar-refractivity contribution < 1.29 is 22.7 Å². The fraction of sp³-hybridized carbons (Fsp3) is 0.529. The Balaban J connectivity index is 1.67. The van der Waals surface area contributed by atoms with Crippen molar-refractivity contribution in [2.24, 2.45) is 0 Å². The van der Waals surface area contributed by atoms with Crippen molar-refractivity contribution >= 4 is 32.7 Å². The molecule has 146 valence electrons. The van der Waals surface area contributed by atoms with E-state index in [-0.39, 0.29) is 23.1 Å². The maximum Gasteiger partial charge on any atom is 0.338 e. The molecule has 0 spiro atoms. The first-order valence-corrected chi connectivity index (χ1v) is 10.6. The van der Waals surface area contributed by atoms with Gasteiger partial charge in [0.05, 0.1) is 22.6 Å². The summed E-state index contributed by atoms with van der Waals surface area (Å²) >= 11 is 0. The smallest absolute Gasteiger partial charge is 0.338 e. The molecule has 1 aromatic heterocycles. The number of esters is 1. The average molecular weight is 394 g/mol. The number of hydrogen-bond acceptors (Lipinski definition) is 7. The lowest BCUT2D eigenvalue weighted by molar-refractivity contribution is -0.140. The summed E-state index contributed by atoms with van der Waals surface area (Å²) in [5, 5.41) is 8.00. The van der Waals surface area contributed by atoms with Crippen molar-refractivity contribution in [1.82, 2.24) is 19.9 Å². The third-order valence-corrected chi connectivity index (χ3v) is 6.53. The highest BCUT2D eigenvalue weighted by molar-refractivity contribution is 7.91. The van der Waals surface area contributed by atoms with Crippen molar-refractivity contribution in [2.45, 2.75) is 39.0 Å². The summed E-state index contributed by atoms with van der Waals surface area (Å²) in [5.74, 6) is -1.05. The lowest BCUT2D eigenvalue weighted by Gasteiger charge is -2.26. The molecule has 2 heterocycles. The van der Waals surface area contributed by atoms with Gasteiger partial charge < -0.3 is 9.64 Å². The molecule has 0 saturated carbocycles. The van der Waals surface area contributed by atoms with E-state index < -0.39 is 27.8 Å². The van der Waals surface area contributed by atoms with Gasteiger partial charge in [-0.1, -0.05) is 5.21 Å². The first kappa shape index (κ1) is 19.3. The predicted molar refractivity (Wildman–Crippen MR) is 97.9 cm³/mol. The Morgan fingerprint density at radius 1 is 1.41 bits per heavy atom. The molecular formula is C17H22N4O5S. The minimum atomic E-state index is -3.10. The van der Waals surface area contributed by atoms with Crippen LogP contribution in [0.3, 0.4) is 0 Å². The van der Waals surface area contributed by atoms with Gasteiger partial charge in [0.1, 0.15) is 5.52 Å². The lowest BCUT2D eigenvalue weighted by Crippen LogP contribution is -2.44. The van der Waals surface area contributed by atoms with E-state index in [2.05, 4.69) is 10.3 Å². The molecule has 1 aliphatic rings. The number of hydrogen-bond donors (Lipinski definition) is 0. The Morgan fingerprint density at radius 2 is 2.15 bits per heavy atom. The highest BCUT2D eigenvalue weighted by Gasteiger charge is 2.35. The number of ether oxygens (including phenoxy) is 1. The number of benzene rings is 1. The van der Waals surface area contributed by atoms with Gasteiger partial charge in [-0.05, 0) is 38.5 Å². The van der Waals surface area contributed by atoms with Gasteiger partial charge in [-0.2, -0.15) is 0 Å². The zero-order valence-electron chi connectivity index (χ0n) is 15.5. The number of amides is 1. The quantitative estimate of drug-likeness (QED) is 0.684. The van der Waals surface area contributed by atoms with Gasteiger partial charge in [-0.3, -0.25) is 4.79 Å². The summed E-state index contributed by atoms with van der Waals surface area (Å²) in [5.41, 5.74) is 1.65. The predicted octanol–water partition coefficient (Wildman–Crippen LogP) is 0.642. The van der Waals surface area contributed by atoms with Crippen LogP contribution in [0.15, 0.2) is 18.2 Å². The summed E-state index contributed by atoms with van der Waals surface area (Å²) < 4.78 is 30.2. The minimum absolute atomic E-state index is 0.0559. The van der Waals surface area contributed by atoms with E-state index in [1.54, 1.807) is 22.9 Å². The standard InChI is InChI=1S/C17H22N4O5S/c1-4-21-15-6-5-12(9-14(15)18-19-21)17(23)26-11(2)16(22)20(3)13-7-8-27(24,25)10-13/h5-6,9,11,13H,4,7-8,10H2,1-3H3/t11-,13-/m0/s1. The normalized spacial score (nSPS) is 19.7. The topological polar surface area (TPSA) is 111 Å². The highest BCUT2D eigenvalue weighted by Crippen LogP contribution is 2.19. The molecule has 0 unspecified atom stereocenters. The molecule has 1 aromatic carbocycles. The van der Waals surface area contributed by atoms with Crippen LogP contribution in [0, 0.1) is 0 Å². The fourth-order valence-corrected chi connectivity index (χ4v) is 4.93. The Kier molecular flexibility index (Phi) is 5.18. The Bertz CT molecular complexity index is 984. The number of nitrogens with zero attached hydrogens (tertiary/aromatic N) is 4. The zero-order chi connectivity index (χ0) is 19.8. The van der Waals surface area contributed by atoms with Gasteiger partial charge in [-0.25, -0.2) is 17.9 Å². The minimum Gasteiger partial charge on any atom is -0.449 e. The molecule has 3 rings (SSSR count). The number of sulfone groups is 1. The molecule has 1 aliphatic heterocycles. The van der Waals surface area contributed by atoms with Crippen molar-refractivity contribution in [3.05, 3.63) is 23.8 Å². The first-order valence-electron chi connectivity index (χ1n) is 8.73. The molecule has 1 saturated heterocycles. The molecule has 2 aromatic rings. The third-order valence-electron chi connectivity index (χ3n) is 4.78. The molecule has 0 bridgehead atoms. The second kappa shape index (κ2) is 7.26. The Labute approximate surface area is 157 Å². The summed E-state index contributed by atoms with van der Waals surface area (Å²) in [6, 6.07) is 4.52. The van der Waals surface area contributed by atoms with Gasteiger partial charge >= 0.3 is 5.97 Å². The van der Waals surface area contributed by atoms with Crippen LogP contribution in [-0.2, 0) is 25.9 Å². The van der Waals surface area contributed by atoms with Crippen LogP contribution >= 0.6 is 0 Å². The SMILES string of the molecule is CCn1nnc2cc(C(=O)O[C@@H](C)C(=O)N(C)[C@H]3CCS(=O)(=O)C3)ccc21.